The Bertz CT molecular complexity index is 569. The normalized spacial score (nSPS) is 17.2. The SMILES string of the molecule is CS(=O)(=O)OC(O)(CCCC(F)(F)C(F)(F)F)CCC(F)(F)C(F)(F)F. The zero-order valence-electron chi connectivity index (χ0n) is 12.9. The molecule has 0 aliphatic heterocycles. The molecule has 0 aromatic rings. The van der Waals surface area contributed by atoms with Gasteiger partial charge in [0.15, 0.2) is 5.79 Å². The molecule has 1 unspecified atom stereocenters. The molecule has 4 nitrogen and oxygen atoms in total. The summed E-state index contributed by atoms with van der Waals surface area (Å²) in [6.07, 6.45) is -20.2. The number of alkyl halides is 10. The lowest BCUT2D eigenvalue weighted by atomic mass is 9.99. The van der Waals surface area contributed by atoms with Gasteiger partial charge in [-0.15, -0.1) is 0 Å². The van der Waals surface area contributed by atoms with Crippen LogP contribution in [0.5, 0.6) is 0 Å². The summed E-state index contributed by atoms with van der Waals surface area (Å²) in [5.41, 5.74) is 0. The maximum atomic E-state index is 12.9. The van der Waals surface area contributed by atoms with E-state index in [1.807, 2.05) is 0 Å². The van der Waals surface area contributed by atoms with Crippen LogP contribution in [-0.2, 0) is 14.3 Å². The van der Waals surface area contributed by atoms with E-state index in [1.165, 1.54) is 0 Å². The third kappa shape index (κ3) is 7.82. The van der Waals surface area contributed by atoms with Crippen molar-refractivity contribution in [2.45, 2.75) is 62.1 Å². The Morgan fingerprint density at radius 1 is 0.731 bits per heavy atom. The van der Waals surface area contributed by atoms with E-state index in [2.05, 4.69) is 4.18 Å². The highest BCUT2D eigenvalue weighted by atomic mass is 32.2. The Labute approximate surface area is 141 Å². The van der Waals surface area contributed by atoms with Crippen LogP contribution in [0.25, 0.3) is 0 Å². The number of hydrogen-bond acceptors (Lipinski definition) is 4. The summed E-state index contributed by atoms with van der Waals surface area (Å²) in [6.45, 7) is 0. The largest absolute Gasteiger partial charge is 0.453 e. The molecule has 1 N–H and O–H groups in total. The van der Waals surface area contributed by atoms with Gasteiger partial charge in [0.25, 0.3) is 10.1 Å². The average Bonchev–Trinajstić information content (AvgIpc) is 2.31. The van der Waals surface area contributed by atoms with Crippen LogP contribution in [0.15, 0.2) is 0 Å². The summed E-state index contributed by atoms with van der Waals surface area (Å²) in [5, 5.41) is 9.75. The summed E-state index contributed by atoms with van der Waals surface area (Å²) in [5.74, 6) is -13.9. The molecule has 0 saturated carbocycles. The molecule has 0 heterocycles. The number of hydrogen-bond donors (Lipinski definition) is 1. The topological polar surface area (TPSA) is 63.6 Å². The van der Waals surface area contributed by atoms with Crippen molar-refractivity contribution in [3.63, 3.8) is 0 Å². The van der Waals surface area contributed by atoms with Crippen LogP contribution in [0, 0.1) is 0 Å². The number of rotatable bonds is 9. The van der Waals surface area contributed by atoms with Gasteiger partial charge in [-0.3, -0.25) is 0 Å². The molecule has 1 atom stereocenters. The van der Waals surface area contributed by atoms with Crippen molar-refractivity contribution in [3.8, 4) is 0 Å². The molecule has 0 spiro atoms. The van der Waals surface area contributed by atoms with Gasteiger partial charge in [0.05, 0.1) is 6.26 Å². The van der Waals surface area contributed by atoms with E-state index in [9.17, 15) is 57.4 Å². The van der Waals surface area contributed by atoms with Gasteiger partial charge in [-0.1, -0.05) is 0 Å². The first kappa shape index (κ1) is 25.2. The standard InChI is InChI=1S/C11H14F10O4S/c1-26(23,24)25-7(22,5-6-9(14,15)11(19,20)21)3-2-4-8(12,13)10(16,17)18/h22H,2-6H2,1H3. The van der Waals surface area contributed by atoms with Crippen LogP contribution in [-0.4, -0.2) is 49.8 Å². The summed E-state index contributed by atoms with van der Waals surface area (Å²) in [4.78, 5) is 0. The van der Waals surface area contributed by atoms with Gasteiger partial charge in [0, 0.05) is 25.7 Å². The van der Waals surface area contributed by atoms with E-state index in [-0.39, 0.29) is 6.26 Å². The fourth-order valence-electron chi connectivity index (χ4n) is 1.71. The van der Waals surface area contributed by atoms with Crippen molar-refractivity contribution in [1.82, 2.24) is 0 Å². The molecule has 0 rings (SSSR count). The highest BCUT2D eigenvalue weighted by molar-refractivity contribution is 7.86. The highest BCUT2D eigenvalue weighted by Crippen LogP contribution is 2.42. The van der Waals surface area contributed by atoms with Crippen LogP contribution >= 0.6 is 0 Å². The second-order valence-electron chi connectivity index (χ2n) is 5.49. The molecule has 15 heteroatoms. The average molecular weight is 432 g/mol. The van der Waals surface area contributed by atoms with Gasteiger partial charge < -0.3 is 5.11 Å². The zero-order valence-corrected chi connectivity index (χ0v) is 13.7. The highest BCUT2D eigenvalue weighted by Gasteiger charge is 2.58. The maximum Gasteiger partial charge on any atom is 0.453 e. The fourth-order valence-corrected chi connectivity index (χ4v) is 2.44. The molecule has 0 aromatic heterocycles. The first-order chi connectivity index (χ1) is 11.1. The summed E-state index contributed by atoms with van der Waals surface area (Å²) < 4.78 is 149. The van der Waals surface area contributed by atoms with Crippen molar-refractivity contribution in [1.29, 1.82) is 0 Å². The fraction of sp³-hybridized carbons (Fsp3) is 1.00. The molecule has 0 aliphatic rings. The molecular formula is C11H14F10O4S. The number of aliphatic hydroxyl groups is 1. The van der Waals surface area contributed by atoms with Gasteiger partial charge in [-0.25, -0.2) is 4.18 Å². The van der Waals surface area contributed by atoms with Crippen molar-refractivity contribution in [2.24, 2.45) is 0 Å². The van der Waals surface area contributed by atoms with Gasteiger partial charge >= 0.3 is 24.2 Å². The van der Waals surface area contributed by atoms with Gasteiger partial charge in [-0.2, -0.15) is 52.3 Å². The first-order valence-electron chi connectivity index (χ1n) is 6.64. The second kappa shape index (κ2) is 7.66. The van der Waals surface area contributed by atoms with Crippen LogP contribution < -0.4 is 0 Å². The Balaban J connectivity index is 5.17. The van der Waals surface area contributed by atoms with E-state index in [4.69, 9.17) is 0 Å². The summed E-state index contributed by atoms with van der Waals surface area (Å²) in [6, 6.07) is 0. The van der Waals surface area contributed by atoms with Crippen molar-refractivity contribution in [2.75, 3.05) is 6.26 Å². The molecule has 158 valence electrons. The predicted octanol–water partition coefficient (Wildman–Crippen LogP) is 4.00. The quantitative estimate of drug-likeness (QED) is 0.340. The smallest absolute Gasteiger partial charge is 0.364 e. The minimum Gasteiger partial charge on any atom is -0.364 e. The second-order valence-corrected chi connectivity index (χ2v) is 7.07. The Kier molecular flexibility index (Phi) is 7.41. The summed E-state index contributed by atoms with van der Waals surface area (Å²) in [7, 11) is -4.67. The van der Waals surface area contributed by atoms with Gasteiger partial charge in [0.1, 0.15) is 0 Å². The molecule has 0 saturated heterocycles. The maximum absolute atomic E-state index is 12.9. The molecule has 0 aromatic carbocycles. The zero-order chi connectivity index (χ0) is 21.2. The molecular weight excluding hydrogens is 418 g/mol. The van der Waals surface area contributed by atoms with Crippen LogP contribution in [0.2, 0.25) is 0 Å². The lowest BCUT2D eigenvalue weighted by Crippen LogP contribution is -2.42. The van der Waals surface area contributed by atoms with Crippen LogP contribution in [0.3, 0.4) is 0 Å². The summed E-state index contributed by atoms with van der Waals surface area (Å²) >= 11 is 0. The lowest BCUT2D eigenvalue weighted by molar-refractivity contribution is -0.292. The monoisotopic (exact) mass is 432 g/mol. The van der Waals surface area contributed by atoms with Crippen LogP contribution in [0.4, 0.5) is 43.9 Å². The molecule has 0 aliphatic carbocycles. The molecule has 0 bridgehead atoms. The third-order valence-electron chi connectivity index (χ3n) is 3.02. The Morgan fingerprint density at radius 2 is 1.12 bits per heavy atom. The van der Waals surface area contributed by atoms with E-state index < -0.39 is 72.2 Å². The van der Waals surface area contributed by atoms with Gasteiger partial charge in [0.2, 0.25) is 0 Å². The van der Waals surface area contributed by atoms with Crippen molar-refractivity contribution in [3.05, 3.63) is 0 Å². The lowest BCUT2D eigenvalue weighted by Gasteiger charge is -2.30. The van der Waals surface area contributed by atoms with Crippen molar-refractivity contribution < 1.29 is 61.6 Å². The predicted molar refractivity (Wildman–Crippen MR) is 66.0 cm³/mol. The Hall–Kier alpha value is -0.830. The minimum absolute atomic E-state index is 0.268. The van der Waals surface area contributed by atoms with E-state index in [0.717, 1.165) is 0 Å². The molecule has 0 radical (unpaired) electrons. The molecule has 0 fully saturated rings. The molecule has 0 amide bonds. The molecule has 26 heavy (non-hydrogen) atoms. The van der Waals surface area contributed by atoms with Crippen LogP contribution in [0.1, 0.15) is 32.1 Å². The van der Waals surface area contributed by atoms with E-state index >= 15 is 0 Å². The van der Waals surface area contributed by atoms with E-state index in [0.29, 0.717) is 0 Å². The number of halogens is 10. The third-order valence-corrected chi connectivity index (χ3v) is 3.64. The van der Waals surface area contributed by atoms with E-state index in [1.54, 1.807) is 0 Å². The first-order valence-corrected chi connectivity index (χ1v) is 8.46. The van der Waals surface area contributed by atoms with Gasteiger partial charge in [-0.05, 0) is 6.42 Å². The Morgan fingerprint density at radius 3 is 1.46 bits per heavy atom. The van der Waals surface area contributed by atoms with Crippen molar-refractivity contribution >= 4 is 10.1 Å². The minimum atomic E-state index is -6.05.